The monoisotopic (exact) mass is 397 g/mol. The summed E-state index contributed by atoms with van der Waals surface area (Å²) >= 11 is 1.62. The molecule has 5 rings (SSSR count). The third-order valence-corrected chi connectivity index (χ3v) is 5.19. The number of rotatable bonds is 5. The van der Waals surface area contributed by atoms with Crippen LogP contribution in [0.2, 0.25) is 0 Å². The van der Waals surface area contributed by atoms with Crippen molar-refractivity contribution in [3.05, 3.63) is 85.5 Å². The Morgan fingerprint density at radius 1 is 0.828 bits per heavy atom. The van der Waals surface area contributed by atoms with Gasteiger partial charge in [0.25, 0.3) is 0 Å². The third kappa shape index (κ3) is 3.76. The van der Waals surface area contributed by atoms with E-state index in [1.165, 1.54) is 6.33 Å². The average molecular weight is 397 g/mol. The normalized spacial score (nSPS) is 10.8. The van der Waals surface area contributed by atoms with Gasteiger partial charge in [-0.1, -0.05) is 23.5 Å². The van der Waals surface area contributed by atoms with Crippen LogP contribution in [0.15, 0.2) is 85.5 Å². The summed E-state index contributed by atoms with van der Waals surface area (Å²) in [4.78, 5) is 17.2. The van der Waals surface area contributed by atoms with Gasteiger partial charge in [-0.25, -0.2) is 19.9 Å². The molecule has 0 atom stereocenters. The minimum atomic E-state index is 0.498. The molecule has 3 heterocycles. The van der Waals surface area contributed by atoms with Gasteiger partial charge in [-0.05, 0) is 54.6 Å². The van der Waals surface area contributed by atoms with Crippen LogP contribution in [0, 0.1) is 0 Å². The highest BCUT2D eigenvalue weighted by molar-refractivity contribution is 7.22. The summed E-state index contributed by atoms with van der Waals surface area (Å²) in [6, 6.07) is 21.4. The molecular weight excluding hydrogens is 382 g/mol. The third-order valence-electron chi connectivity index (χ3n) is 4.24. The number of pyridine rings is 1. The van der Waals surface area contributed by atoms with Gasteiger partial charge in [-0.3, -0.25) is 0 Å². The Morgan fingerprint density at radius 3 is 2.55 bits per heavy atom. The first-order valence-corrected chi connectivity index (χ1v) is 9.79. The topological polar surface area (TPSA) is 72.8 Å². The lowest BCUT2D eigenvalue weighted by Gasteiger charge is -2.10. The van der Waals surface area contributed by atoms with Gasteiger partial charge >= 0.3 is 0 Å². The Hall–Kier alpha value is -3.84. The molecule has 0 bridgehead atoms. The molecule has 0 aliphatic carbocycles. The number of nitrogens with zero attached hydrogens (tertiary/aromatic N) is 4. The fraction of sp³-hybridized carbons (Fsp3) is 0. The number of ether oxygens (including phenoxy) is 1. The van der Waals surface area contributed by atoms with Crippen LogP contribution >= 0.6 is 11.3 Å². The van der Waals surface area contributed by atoms with Crippen LogP contribution in [-0.2, 0) is 0 Å². The van der Waals surface area contributed by atoms with E-state index in [2.05, 4.69) is 31.3 Å². The SMILES string of the molecule is c1cnc(Oc2ccc(Nc3nc4ccccc4s3)cc2)c(-c2ccncn2)c1. The van der Waals surface area contributed by atoms with E-state index in [0.717, 1.165) is 32.3 Å². The van der Waals surface area contributed by atoms with Crippen molar-refractivity contribution in [2.24, 2.45) is 0 Å². The van der Waals surface area contributed by atoms with E-state index >= 15 is 0 Å². The number of anilines is 2. The van der Waals surface area contributed by atoms with E-state index in [9.17, 15) is 0 Å². The summed E-state index contributed by atoms with van der Waals surface area (Å²) in [7, 11) is 0. The molecule has 0 radical (unpaired) electrons. The molecule has 29 heavy (non-hydrogen) atoms. The van der Waals surface area contributed by atoms with Crippen molar-refractivity contribution in [2.45, 2.75) is 0 Å². The molecule has 3 aromatic heterocycles. The summed E-state index contributed by atoms with van der Waals surface area (Å²) in [6.45, 7) is 0. The highest BCUT2D eigenvalue weighted by Gasteiger charge is 2.10. The number of hydrogen-bond acceptors (Lipinski definition) is 7. The molecule has 0 amide bonds. The summed E-state index contributed by atoms with van der Waals surface area (Å²) in [5.41, 5.74) is 3.50. The molecule has 0 saturated heterocycles. The van der Waals surface area contributed by atoms with E-state index in [-0.39, 0.29) is 0 Å². The Bertz CT molecular complexity index is 1220. The molecule has 0 fully saturated rings. The maximum absolute atomic E-state index is 6.00. The second-order valence-electron chi connectivity index (χ2n) is 6.19. The van der Waals surface area contributed by atoms with Crippen LogP contribution in [0.25, 0.3) is 21.5 Å². The van der Waals surface area contributed by atoms with Crippen molar-refractivity contribution in [1.29, 1.82) is 0 Å². The lowest BCUT2D eigenvalue weighted by molar-refractivity contribution is 0.465. The van der Waals surface area contributed by atoms with Crippen LogP contribution < -0.4 is 10.1 Å². The minimum Gasteiger partial charge on any atom is -0.438 e. The van der Waals surface area contributed by atoms with Crippen LogP contribution in [0.3, 0.4) is 0 Å². The maximum atomic E-state index is 6.00. The van der Waals surface area contributed by atoms with E-state index in [1.807, 2.05) is 60.7 Å². The predicted octanol–water partition coefficient (Wildman–Crippen LogP) is 5.68. The van der Waals surface area contributed by atoms with Crippen molar-refractivity contribution in [3.8, 4) is 22.9 Å². The fourth-order valence-electron chi connectivity index (χ4n) is 2.88. The van der Waals surface area contributed by atoms with Crippen molar-refractivity contribution >= 4 is 32.4 Å². The fourth-order valence-corrected chi connectivity index (χ4v) is 3.77. The predicted molar refractivity (Wildman–Crippen MR) is 115 cm³/mol. The molecule has 5 aromatic rings. The molecule has 0 unspecified atom stereocenters. The van der Waals surface area contributed by atoms with Crippen LogP contribution in [0.5, 0.6) is 11.6 Å². The highest BCUT2D eigenvalue weighted by Crippen LogP contribution is 2.32. The number of aromatic nitrogens is 4. The van der Waals surface area contributed by atoms with Gasteiger partial charge in [0.05, 0.1) is 21.5 Å². The van der Waals surface area contributed by atoms with Crippen LogP contribution in [0.1, 0.15) is 0 Å². The largest absolute Gasteiger partial charge is 0.438 e. The van der Waals surface area contributed by atoms with Crippen molar-refractivity contribution in [2.75, 3.05) is 5.32 Å². The second-order valence-corrected chi connectivity index (χ2v) is 7.22. The molecule has 7 heteroatoms. The van der Waals surface area contributed by atoms with Crippen molar-refractivity contribution < 1.29 is 4.74 Å². The number of fused-ring (bicyclic) bond motifs is 1. The van der Waals surface area contributed by atoms with Gasteiger partial charge < -0.3 is 10.1 Å². The van der Waals surface area contributed by atoms with E-state index < -0.39 is 0 Å². The lowest BCUT2D eigenvalue weighted by Crippen LogP contribution is -1.94. The van der Waals surface area contributed by atoms with Gasteiger partial charge in [0.2, 0.25) is 5.88 Å². The smallest absolute Gasteiger partial charge is 0.228 e. The van der Waals surface area contributed by atoms with Gasteiger partial charge in [-0.2, -0.15) is 0 Å². The first-order chi connectivity index (χ1) is 14.3. The Morgan fingerprint density at radius 2 is 1.72 bits per heavy atom. The zero-order valence-electron chi connectivity index (χ0n) is 15.2. The van der Waals surface area contributed by atoms with E-state index in [4.69, 9.17) is 4.74 Å². The average Bonchev–Trinajstić information content (AvgIpc) is 3.18. The first-order valence-electron chi connectivity index (χ1n) is 8.97. The zero-order valence-corrected chi connectivity index (χ0v) is 16.0. The number of para-hydroxylation sites is 1. The maximum Gasteiger partial charge on any atom is 0.228 e. The van der Waals surface area contributed by atoms with Crippen molar-refractivity contribution in [3.63, 3.8) is 0 Å². The molecule has 2 aromatic carbocycles. The summed E-state index contributed by atoms with van der Waals surface area (Å²) in [6.07, 6.45) is 4.90. The second kappa shape index (κ2) is 7.65. The van der Waals surface area contributed by atoms with Gasteiger partial charge in [-0.15, -0.1) is 0 Å². The van der Waals surface area contributed by atoms with Crippen LogP contribution in [0.4, 0.5) is 10.8 Å². The number of nitrogens with one attached hydrogen (secondary N) is 1. The standard InChI is InChI=1S/C22H15N5OS/c1-2-6-20-19(5-1)27-22(29-20)26-15-7-9-16(10-8-15)28-21-17(4-3-12-24-21)18-11-13-23-14-25-18/h1-14H,(H,26,27). The zero-order chi connectivity index (χ0) is 19.5. The quantitative estimate of drug-likeness (QED) is 0.411. The van der Waals surface area contributed by atoms with Gasteiger partial charge in [0, 0.05) is 18.1 Å². The highest BCUT2D eigenvalue weighted by atomic mass is 32.1. The molecule has 1 N–H and O–H groups in total. The first kappa shape index (κ1) is 17.3. The Labute approximate surface area is 170 Å². The molecular formula is C22H15N5OS. The molecule has 0 spiro atoms. The lowest BCUT2D eigenvalue weighted by atomic mass is 10.2. The Kier molecular flexibility index (Phi) is 4.56. The Balaban J connectivity index is 1.35. The number of benzene rings is 2. The van der Waals surface area contributed by atoms with Crippen molar-refractivity contribution in [1.82, 2.24) is 19.9 Å². The molecule has 140 valence electrons. The molecule has 0 aliphatic rings. The molecule has 6 nitrogen and oxygen atoms in total. The summed E-state index contributed by atoms with van der Waals surface area (Å²) in [5, 5.41) is 4.20. The van der Waals surface area contributed by atoms with Gasteiger partial charge in [0.15, 0.2) is 5.13 Å². The van der Waals surface area contributed by atoms with E-state index in [0.29, 0.717) is 11.6 Å². The van der Waals surface area contributed by atoms with Gasteiger partial charge in [0.1, 0.15) is 12.1 Å². The minimum absolute atomic E-state index is 0.498. The van der Waals surface area contributed by atoms with E-state index in [1.54, 1.807) is 23.7 Å². The number of hydrogen-bond donors (Lipinski definition) is 1. The summed E-state index contributed by atoms with van der Waals surface area (Å²) < 4.78 is 7.16. The summed E-state index contributed by atoms with van der Waals surface area (Å²) in [5.74, 6) is 1.19. The number of thiazole rings is 1. The van der Waals surface area contributed by atoms with Crippen LogP contribution in [-0.4, -0.2) is 19.9 Å². The molecule has 0 aliphatic heterocycles. The molecule has 0 saturated carbocycles.